The van der Waals surface area contributed by atoms with E-state index in [-0.39, 0.29) is 39.0 Å². The van der Waals surface area contributed by atoms with E-state index in [1.54, 1.807) is 12.1 Å². The molecule has 0 spiro atoms. The molecular weight excluding hydrogens is 328 g/mol. The molecule has 2 fully saturated rings. The van der Waals surface area contributed by atoms with E-state index < -0.39 is 29.4 Å². The minimum Gasteiger partial charge on any atom is -0.479 e. The number of rotatable bonds is 4. The van der Waals surface area contributed by atoms with Crippen molar-refractivity contribution in [2.24, 2.45) is 0 Å². The maximum atomic E-state index is 12.2. The molecule has 0 saturated carbocycles. The van der Waals surface area contributed by atoms with Gasteiger partial charge in [0.15, 0.2) is 5.54 Å². The number of carboxylic acids is 1. The molecule has 1 unspecified atom stereocenters. The molecule has 0 bridgehead atoms. The number of amides is 3. The third kappa shape index (κ3) is 3.07. The molecule has 1 N–H and O–H groups in total. The Morgan fingerprint density at radius 3 is 2.36 bits per heavy atom. The van der Waals surface area contributed by atoms with Gasteiger partial charge in [-0.1, -0.05) is 30.3 Å². The number of carbonyl (C=O) groups excluding carboxylic acids is 3. The van der Waals surface area contributed by atoms with Crippen molar-refractivity contribution in [2.45, 2.75) is 31.4 Å². The van der Waals surface area contributed by atoms with Crippen molar-refractivity contribution < 1.29 is 29.0 Å². The summed E-state index contributed by atoms with van der Waals surface area (Å²) in [5, 5.41) is 9.64. The van der Waals surface area contributed by atoms with Crippen LogP contribution in [-0.2, 0) is 25.7 Å². The zero-order chi connectivity index (χ0) is 18.0. The third-order valence-electron chi connectivity index (χ3n) is 4.59. The summed E-state index contributed by atoms with van der Waals surface area (Å²) in [5.41, 5.74) is -0.888. The zero-order valence-corrected chi connectivity index (χ0v) is 13.5. The summed E-state index contributed by atoms with van der Waals surface area (Å²) in [7, 11) is 0. The number of ether oxygens (including phenoxy) is 1. The molecule has 3 amide bonds. The fourth-order valence-electron chi connectivity index (χ4n) is 3.27. The van der Waals surface area contributed by atoms with Crippen LogP contribution in [-0.4, -0.2) is 57.4 Å². The normalized spacial score (nSPS) is 23.2. The fourth-order valence-corrected chi connectivity index (χ4v) is 3.27. The number of aliphatic carboxylic acids is 1. The molecule has 2 aliphatic heterocycles. The van der Waals surface area contributed by atoms with Crippen molar-refractivity contribution in [1.29, 1.82) is 0 Å². The quantitative estimate of drug-likeness (QED) is 0.816. The number of imide groups is 1. The van der Waals surface area contributed by atoms with Crippen LogP contribution < -0.4 is 0 Å². The van der Waals surface area contributed by atoms with Crippen LogP contribution in [0.2, 0.25) is 0 Å². The van der Waals surface area contributed by atoms with Gasteiger partial charge in [0, 0.05) is 25.8 Å². The van der Waals surface area contributed by atoms with E-state index in [4.69, 9.17) is 4.74 Å². The van der Waals surface area contributed by atoms with Crippen molar-refractivity contribution in [3.05, 3.63) is 35.9 Å². The largest absolute Gasteiger partial charge is 0.479 e. The van der Waals surface area contributed by atoms with Crippen LogP contribution in [0, 0.1) is 0 Å². The van der Waals surface area contributed by atoms with Crippen molar-refractivity contribution in [1.82, 2.24) is 9.80 Å². The Hall–Kier alpha value is -2.90. The number of hydrogen-bond donors (Lipinski definition) is 1. The Labute approximate surface area is 144 Å². The molecule has 0 aromatic heterocycles. The maximum Gasteiger partial charge on any atom is 0.410 e. The standard InChI is InChI=1S/C17H18N2O6/c20-13-6-7-14(21)19(13)17(15(22)23)8-9-18(11-17)16(24)25-10-12-4-2-1-3-5-12/h1-5H,6-11H2,(H,22,23). The van der Waals surface area contributed by atoms with Gasteiger partial charge in [-0.25, -0.2) is 9.59 Å². The average Bonchev–Trinajstić information content (AvgIpc) is 3.18. The molecule has 0 radical (unpaired) electrons. The number of nitrogens with zero attached hydrogens (tertiary/aromatic N) is 2. The third-order valence-corrected chi connectivity index (χ3v) is 4.59. The summed E-state index contributed by atoms with van der Waals surface area (Å²) in [5.74, 6) is -2.30. The SMILES string of the molecule is O=C(OCc1ccccc1)N1CCC(C(=O)O)(N2C(=O)CCC2=O)C1. The van der Waals surface area contributed by atoms with Gasteiger partial charge in [-0.3, -0.25) is 14.5 Å². The Morgan fingerprint density at radius 1 is 1.12 bits per heavy atom. The highest BCUT2D eigenvalue weighted by atomic mass is 16.6. The van der Waals surface area contributed by atoms with Crippen LogP contribution in [0.15, 0.2) is 30.3 Å². The fraction of sp³-hybridized carbons (Fsp3) is 0.412. The van der Waals surface area contributed by atoms with Gasteiger partial charge in [-0.05, 0) is 5.56 Å². The summed E-state index contributed by atoms with van der Waals surface area (Å²) in [6, 6.07) is 9.09. The molecule has 1 aromatic rings. The molecule has 2 aliphatic rings. The van der Waals surface area contributed by atoms with Crippen molar-refractivity contribution in [3.63, 3.8) is 0 Å². The zero-order valence-electron chi connectivity index (χ0n) is 13.5. The number of carboxylic acid groups (broad SMARTS) is 1. The van der Waals surface area contributed by atoms with E-state index in [9.17, 15) is 24.3 Å². The van der Waals surface area contributed by atoms with E-state index in [2.05, 4.69) is 0 Å². The van der Waals surface area contributed by atoms with Gasteiger partial charge >= 0.3 is 12.1 Å². The molecule has 25 heavy (non-hydrogen) atoms. The highest BCUT2D eigenvalue weighted by molar-refractivity contribution is 6.06. The summed E-state index contributed by atoms with van der Waals surface area (Å²) < 4.78 is 5.21. The number of benzene rings is 1. The average molecular weight is 346 g/mol. The second-order valence-corrected chi connectivity index (χ2v) is 6.17. The molecule has 0 aliphatic carbocycles. The minimum absolute atomic E-state index is 0.000248. The van der Waals surface area contributed by atoms with Crippen LogP contribution in [0.3, 0.4) is 0 Å². The molecule has 2 saturated heterocycles. The number of likely N-dealkylation sites (tertiary alicyclic amines) is 2. The Kier molecular flexibility index (Phi) is 4.43. The van der Waals surface area contributed by atoms with Crippen LogP contribution in [0.25, 0.3) is 0 Å². The van der Waals surface area contributed by atoms with Crippen molar-refractivity contribution in [2.75, 3.05) is 13.1 Å². The number of carbonyl (C=O) groups is 4. The first-order valence-corrected chi connectivity index (χ1v) is 7.99. The molecular formula is C17H18N2O6. The summed E-state index contributed by atoms with van der Waals surface area (Å²) in [6.07, 6.45) is -0.648. The summed E-state index contributed by atoms with van der Waals surface area (Å²) in [6.45, 7) is -0.0811. The first-order chi connectivity index (χ1) is 11.9. The van der Waals surface area contributed by atoms with E-state index in [1.165, 1.54) is 4.90 Å². The lowest BCUT2D eigenvalue weighted by Gasteiger charge is -2.32. The summed E-state index contributed by atoms with van der Waals surface area (Å²) >= 11 is 0. The second kappa shape index (κ2) is 6.54. The first-order valence-electron chi connectivity index (χ1n) is 7.99. The molecule has 2 heterocycles. The van der Waals surface area contributed by atoms with Crippen LogP contribution in [0.5, 0.6) is 0 Å². The lowest BCUT2D eigenvalue weighted by atomic mass is 9.96. The second-order valence-electron chi connectivity index (χ2n) is 6.17. The van der Waals surface area contributed by atoms with Gasteiger partial charge < -0.3 is 14.7 Å². The van der Waals surface area contributed by atoms with Gasteiger partial charge in [0.05, 0.1) is 6.54 Å². The van der Waals surface area contributed by atoms with E-state index in [0.717, 1.165) is 10.5 Å². The smallest absolute Gasteiger partial charge is 0.410 e. The van der Waals surface area contributed by atoms with Gasteiger partial charge in [-0.15, -0.1) is 0 Å². The predicted molar refractivity (Wildman–Crippen MR) is 84.3 cm³/mol. The van der Waals surface area contributed by atoms with E-state index in [0.29, 0.717) is 0 Å². The molecule has 1 aromatic carbocycles. The molecule has 8 nitrogen and oxygen atoms in total. The summed E-state index contributed by atoms with van der Waals surface area (Å²) in [4.78, 5) is 50.1. The predicted octanol–water partition coefficient (Wildman–Crippen LogP) is 1.00. The van der Waals surface area contributed by atoms with Gasteiger partial charge in [0.2, 0.25) is 11.8 Å². The van der Waals surface area contributed by atoms with Crippen molar-refractivity contribution in [3.8, 4) is 0 Å². The molecule has 132 valence electrons. The molecule has 3 rings (SSSR count). The van der Waals surface area contributed by atoms with Gasteiger partial charge in [0.25, 0.3) is 0 Å². The van der Waals surface area contributed by atoms with Crippen LogP contribution >= 0.6 is 0 Å². The Balaban J connectivity index is 1.69. The maximum absolute atomic E-state index is 12.2. The van der Waals surface area contributed by atoms with Crippen LogP contribution in [0.1, 0.15) is 24.8 Å². The lowest BCUT2D eigenvalue weighted by Crippen LogP contribution is -2.58. The lowest BCUT2D eigenvalue weighted by molar-refractivity contribution is -0.162. The van der Waals surface area contributed by atoms with Gasteiger partial charge in [0.1, 0.15) is 6.61 Å². The number of hydrogen-bond acceptors (Lipinski definition) is 5. The molecule has 8 heteroatoms. The monoisotopic (exact) mass is 346 g/mol. The van der Waals surface area contributed by atoms with E-state index in [1.807, 2.05) is 18.2 Å². The van der Waals surface area contributed by atoms with Crippen molar-refractivity contribution >= 4 is 23.9 Å². The highest BCUT2D eigenvalue weighted by Crippen LogP contribution is 2.33. The Bertz CT molecular complexity index is 703. The Morgan fingerprint density at radius 2 is 1.76 bits per heavy atom. The first kappa shape index (κ1) is 16.9. The molecule has 1 atom stereocenters. The van der Waals surface area contributed by atoms with E-state index >= 15 is 0 Å². The minimum atomic E-state index is -1.70. The van der Waals surface area contributed by atoms with Gasteiger partial charge in [-0.2, -0.15) is 0 Å². The van der Waals surface area contributed by atoms with Crippen LogP contribution in [0.4, 0.5) is 4.79 Å². The highest BCUT2D eigenvalue weighted by Gasteiger charge is 2.56. The topological polar surface area (TPSA) is 104 Å².